The Hall–Kier alpha value is -3.31. The summed E-state index contributed by atoms with van der Waals surface area (Å²) in [6.45, 7) is 2.00. The molecule has 5 rings (SSSR count). The molecule has 0 unspecified atom stereocenters. The van der Waals surface area contributed by atoms with Crippen LogP contribution in [-0.2, 0) is 6.42 Å². The van der Waals surface area contributed by atoms with Gasteiger partial charge in [0.05, 0.1) is 22.6 Å². The summed E-state index contributed by atoms with van der Waals surface area (Å²) in [4.78, 5) is 17.9. The largest absolute Gasteiger partial charge is 0.340 e. The van der Waals surface area contributed by atoms with E-state index in [9.17, 15) is 0 Å². The highest BCUT2D eigenvalue weighted by Gasteiger charge is 2.16. The highest BCUT2D eigenvalue weighted by atomic mass is 79.9. The normalized spacial score (nSPS) is 11.1. The maximum atomic E-state index is 4.97. The number of hydrogen-bond acceptors (Lipinski definition) is 3. The molecule has 0 aliphatic rings. The fourth-order valence-corrected chi connectivity index (χ4v) is 4.07. The average molecular weight is 455 g/mol. The number of pyridine rings is 2. The molecule has 0 amide bonds. The zero-order chi connectivity index (χ0) is 20.5. The molecule has 0 bridgehead atoms. The molecule has 1 N–H and O–H groups in total. The van der Waals surface area contributed by atoms with Gasteiger partial charge in [0.2, 0.25) is 0 Å². The van der Waals surface area contributed by atoms with Gasteiger partial charge in [-0.25, -0.2) is 4.98 Å². The van der Waals surface area contributed by atoms with Gasteiger partial charge in [-0.05, 0) is 48.9 Å². The predicted molar refractivity (Wildman–Crippen MR) is 124 cm³/mol. The number of para-hydroxylation sites is 1. The van der Waals surface area contributed by atoms with Gasteiger partial charge >= 0.3 is 0 Å². The van der Waals surface area contributed by atoms with Crippen molar-refractivity contribution >= 4 is 26.8 Å². The third-order valence-corrected chi connectivity index (χ3v) is 5.52. The van der Waals surface area contributed by atoms with Crippen LogP contribution < -0.4 is 0 Å². The third-order valence-electron chi connectivity index (χ3n) is 5.02. The summed E-state index contributed by atoms with van der Waals surface area (Å²) in [7, 11) is 0. The second-order valence-electron chi connectivity index (χ2n) is 7.29. The molecule has 3 heterocycles. The van der Waals surface area contributed by atoms with E-state index in [-0.39, 0.29) is 0 Å². The average Bonchev–Trinajstić information content (AvgIpc) is 3.17. The smallest absolute Gasteiger partial charge is 0.111 e. The molecule has 0 saturated carbocycles. The Morgan fingerprint density at radius 2 is 1.77 bits per heavy atom. The Morgan fingerprint density at radius 1 is 0.900 bits per heavy atom. The number of rotatable bonds is 4. The van der Waals surface area contributed by atoms with Crippen LogP contribution in [0.3, 0.4) is 0 Å². The van der Waals surface area contributed by atoms with Crippen LogP contribution in [0.2, 0.25) is 0 Å². The van der Waals surface area contributed by atoms with Crippen LogP contribution in [0.5, 0.6) is 0 Å². The summed E-state index contributed by atoms with van der Waals surface area (Å²) in [5.41, 5.74) is 6.77. The summed E-state index contributed by atoms with van der Waals surface area (Å²) in [5, 5.41) is 1.09. The molecule has 0 saturated heterocycles. The minimum absolute atomic E-state index is 0.708. The lowest BCUT2D eigenvalue weighted by atomic mass is 10.1. The van der Waals surface area contributed by atoms with Crippen molar-refractivity contribution in [1.29, 1.82) is 0 Å². The van der Waals surface area contributed by atoms with Gasteiger partial charge in [-0.2, -0.15) is 0 Å². The summed E-state index contributed by atoms with van der Waals surface area (Å²) in [6.07, 6.45) is 2.60. The summed E-state index contributed by atoms with van der Waals surface area (Å²) >= 11 is 3.55. The molecular formula is C25H19BrN4. The monoisotopic (exact) mass is 454 g/mol. The molecule has 0 atom stereocenters. The van der Waals surface area contributed by atoms with Gasteiger partial charge in [0.1, 0.15) is 5.82 Å². The predicted octanol–water partition coefficient (Wildman–Crippen LogP) is 6.35. The van der Waals surface area contributed by atoms with E-state index in [0.717, 1.165) is 49.5 Å². The lowest BCUT2D eigenvalue weighted by Gasteiger charge is -2.05. The van der Waals surface area contributed by atoms with Gasteiger partial charge in [0, 0.05) is 33.7 Å². The Labute approximate surface area is 183 Å². The standard InChI is InChI=1S/C25H19BrN4/c1-16-6-4-11-22(28-16)25-24(19-14-18-8-2-3-10-21(18)27-15-19)29-23(30-25)13-17-7-5-9-20(26)12-17/h2-12,14-15H,13H2,1H3,(H,29,30). The fourth-order valence-electron chi connectivity index (χ4n) is 3.62. The number of nitrogens with one attached hydrogen (secondary N) is 1. The van der Waals surface area contributed by atoms with Crippen molar-refractivity contribution in [3.05, 3.63) is 101 Å². The maximum absolute atomic E-state index is 4.97. The zero-order valence-electron chi connectivity index (χ0n) is 16.4. The third kappa shape index (κ3) is 3.76. The van der Waals surface area contributed by atoms with E-state index >= 15 is 0 Å². The minimum Gasteiger partial charge on any atom is -0.340 e. The first kappa shape index (κ1) is 18.7. The van der Waals surface area contributed by atoms with Crippen LogP contribution in [0, 0.1) is 6.92 Å². The second kappa shape index (κ2) is 7.84. The fraction of sp³-hybridized carbons (Fsp3) is 0.0800. The van der Waals surface area contributed by atoms with Crippen molar-refractivity contribution in [1.82, 2.24) is 19.9 Å². The number of aromatic amines is 1. The quantitative estimate of drug-likeness (QED) is 0.344. The number of fused-ring (bicyclic) bond motifs is 1. The van der Waals surface area contributed by atoms with E-state index in [1.54, 1.807) is 0 Å². The Balaban J connectivity index is 1.64. The van der Waals surface area contributed by atoms with E-state index in [2.05, 4.69) is 50.2 Å². The molecule has 0 radical (unpaired) electrons. The minimum atomic E-state index is 0.708. The SMILES string of the molecule is Cc1cccc(-c2[nH]c(Cc3cccc(Br)c3)nc2-c2cnc3ccccc3c2)n1. The number of benzene rings is 2. The van der Waals surface area contributed by atoms with Crippen molar-refractivity contribution < 1.29 is 0 Å². The second-order valence-corrected chi connectivity index (χ2v) is 8.21. The molecule has 3 aromatic heterocycles. The molecule has 30 heavy (non-hydrogen) atoms. The van der Waals surface area contributed by atoms with E-state index in [0.29, 0.717) is 6.42 Å². The van der Waals surface area contributed by atoms with Crippen LogP contribution in [-0.4, -0.2) is 19.9 Å². The number of aryl methyl sites for hydroxylation is 1. The van der Waals surface area contributed by atoms with Gasteiger partial charge in [0.15, 0.2) is 0 Å². The summed E-state index contributed by atoms with van der Waals surface area (Å²) in [5.74, 6) is 0.898. The van der Waals surface area contributed by atoms with Crippen molar-refractivity contribution in [2.75, 3.05) is 0 Å². The molecular weight excluding hydrogens is 436 g/mol. The number of aromatic nitrogens is 4. The van der Waals surface area contributed by atoms with E-state index in [1.165, 1.54) is 5.56 Å². The highest BCUT2D eigenvalue weighted by Crippen LogP contribution is 2.31. The molecule has 0 fully saturated rings. The topological polar surface area (TPSA) is 54.5 Å². The van der Waals surface area contributed by atoms with Gasteiger partial charge in [0.25, 0.3) is 0 Å². The molecule has 0 aliphatic carbocycles. The first-order valence-electron chi connectivity index (χ1n) is 9.78. The molecule has 0 spiro atoms. The summed E-state index contributed by atoms with van der Waals surface area (Å²) < 4.78 is 1.06. The van der Waals surface area contributed by atoms with Gasteiger partial charge < -0.3 is 4.98 Å². The molecule has 146 valence electrons. The van der Waals surface area contributed by atoms with E-state index < -0.39 is 0 Å². The van der Waals surface area contributed by atoms with Crippen molar-refractivity contribution in [3.63, 3.8) is 0 Å². The first-order valence-corrected chi connectivity index (χ1v) is 10.6. The molecule has 5 aromatic rings. The van der Waals surface area contributed by atoms with Crippen LogP contribution in [0.25, 0.3) is 33.5 Å². The van der Waals surface area contributed by atoms with E-state index in [1.807, 2.05) is 61.7 Å². The molecule has 2 aromatic carbocycles. The van der Waals surface area contributed by atoms with Crippen LogP contribution in [0.4, 0.5) is 0 Å². The van der Waals surface area contributed by atoms with Crippen LogP contribution in [0.15, 0.2) is 83.5 Å². The number of imidazole rings is 1. The Bertz CT molecular complexity index is 1360. The van der Waals surface area contributed by atoms with Crippen molar-refractivity contribution in [2.45, 2.75) is 13.3 Å². The number of hydrogen-bond donors (Lipinski definition) is 1. The zero-order valence-corrected chi connectivity index (χ0v) is 18.0. The summed E-state index contributed by atoms with van der Waals surface area (Å²) in [6, 6.07) is 24.6. The lowest BCUT2D eigenvalue weighted by molar-refractivity contribution is 1.02. The van der Waals surface area contributed by atoms with Gasteiger partial charge in [-0.15, -0.1) is 0 Å². The molecule has 0 aliphatic heterocycles. The van der Waals surface area contributed by atoms with Crippen molar-refractivity contribution in [3.8, 4) is 22.6 Å². The Kier molecular flexibility index (Phi) is 4.89. The highest BCUT2D eigenvalue weighted by molar-refractivity contribution is 9.10. The Morgan fingerprint density at radius 3 is 2.63 bits per heavy atom. The lowest BCUT2D eigenvalue weighted by Crippen LogP contribution is -1.91. The van der Waals surface area contributed by atoms with Gasteiger partial charge in [-0.3, -0.25) is 9.97 Å². The van der Waals surface area contributed by atoms with Crippen LogP contribution >= 0.6 is 15.9 Å². The number of nitrogens with zero attached hydrogens (tertiary/aromatic N) is 3. The van der Waals surface area contributed by atoms with Crippen molar-refractivity contribution in [2.24, 2.45) is 0 Å². The number of halogens is 1. The van der Waals surface area contributed by atoms with Crippen LogP contribution in [0.1, 0.15) is 17.1 Å². The molecule has 4 nitrogen and oxygen atoms in total. The van der Waals surface area contributed by atoms with Gasteiger partial charge in [-0.1, -0.05) is 52.3 Å². The maximum Gasteiger partial charge on any atom is 0.111 e. The molecule has 5 heteroatoms. The first-order chi connectivity index (χ1) is 14.7. The van der Waals surface area contributed by atoms with E-state index in [4.69, 9.17) is 9.97 Å². The number of H-pyrrole nitrogens is 1.